The topological polar surface area (TPSA) is 82.1 Å². The number of anilines is 1. The number of rotatable bonds is 4. The van der Waals surface area contributed by atoms with Crippen LogP contribution in [0.15, 0.2) is 42.6 Å². The van der Waals surface area contributed by atoms with E-state index in [1.54, 1.807) is 0 Å². The summed E-state index contributed by atoms with van der Waals surface area (Å²) in [6.45, 7) is 3.43. The first-order chi connectivity index (χ1) is 14.3. The molecule has 1 saturated heterocycles. The summed E-state index contributed by atoms with van der Waals surface area (Å²) in [6, 6.07) is 12.6. The van der Waals surface area contributed by atoms with E-state index >= 15 is 0 Å². The largest absolute Gasteiger partial charge is 0.368 e. The third kappa shape index (κ3) is 3.75. The van der Waals surface area contributed by atoms with Crippen LogP contribution in [-0.2, 0) is 24.2 Å². The summed E-state index contributed by atoms with van der Waals surface area (Å²) in [5.41, 5.74) is 11.5. The van der Waals surface area contributed by atoms with Gasteiger partial charge in [0.1, 0.15) is 0 Å². The molecule has 0 amide bonds. The van der Waals surface area contributed by atoms with Gasteiger partial charge in [0.25, 0.3) is 0 Å². The number of nitrogens with zero attached hydrogens (tertiary/aromatic N) is 5. The van der Waals surface area contributed by atoms with Crippen molar-refractivity contribution in [2.45, 2.75) is 45.0 Å². The molecule has 29 heavy (non-hydrogen) atoms. The molecular weight excluding hydrogens is 364 g/mol. The highest BCUT2D eigenvalue weighted by Crippen LogP contribution is 2.32. The zero-order chi connectivity index (χ0) is 19.6. The standard InChI is InChI=1S/C22H26N6O/c23-22-25-18-15-27(14-16-6-2-1-3-7-16)12-10-17(18)21(26-22)19-9-11-24-28(19)20-8-4-5-13-29-20/h1-3,6-7,9,11,20H,4-5,8,10,12-15H2,(H2,23,25,26). The Labute approximate surface area is 170 Å². The maximum Gasteiger partial charge on any atom is 0.220 e. The van der Waals surface area contributed by atoms with Crippen LogP contribution in [0, 0.1) is 0 Å². The summed E-state index contributed by atoms with van der Waals surface area (Å²) in [6.07, 6.45) is 5.93. The van der Waals surface area contributed by atoms with Crippen molar-refractivity contribution in [3.8, 4) is 11.4 Å². The minimum absolute atomic E-state index is 0.0289. The molecule has 2 aromatic heterocycles. The van der Waals surface area contributed by atoms with Crippen molar-refractivity contribution in [2.24, 2.45) is 0 Å². The van der Waals surface area contributed by atoms with Crippen LogP contribution in [0.5, 0.6) is 0 Å². The number of hydrogen-bond acceptors (Lipinski definition) is 6. The number of fused-ring (bicyclic) bond motifs is 1. The summed E-state index contributed by atoms with van der Waals surface area (Å²) in [5, 5.41) is 4.55. The lowest BCUT2D eigenvalue weighted by Crippen LogP contribution is -2.32. The van der Waals surface area contributed by atoms with Crippen LogP contribution in [0.3, 0.4) is 0 Å². The SMILES string of the molecule is Nc1nc2c(c(-c3ccnn3C3CCCCO3)n1)CCN(Cc1ccccc1)C2. The van der Waals surface area contributed by atoms with E-state index in [1.165, 1.54) is 11.1 Å². The molecule has 7 nitrogen and oxygen atoms in total. The highest BCUT2D eigenvalue weighted by molar-refractivity contribution is 5.62. The molecule has 7 heteroatoms. The number of ether oxygens (including phenoxy) is 1. The minimum atomic E-state index is -0.0289. The number of hydrogen-bond donors (Lipinski definition) is 1. The highest BCUT2D eigenvalue weighted by atomic mass is 16.5. The number of aromatic nitrogens is 4. The molecule has 0 aliphatic carbocycles. The van der Waals surface area contributed by atoms with Gasteiger partial charge in [-0.25, -0.2) is 14.6 Å². The zero-order valence-corrected chi connectivity index (χ0v) is 16.5. The number of nitrogen functional groups attached to an aromatic ring is 1. The number of nitrogens with two attached hydrogens (primary N) is 1. The van der Waals surface area contributed by atoms with E-state index in [0.29, 0.717) is 5.95 Å². The lowest BCUT2D eigenvalue weighted by atomic mass is 10.0. The molecule has 0 bridgehead atoms. The van der Waals surface area contributed by atoms with Crippen molar-refractivity contribution in [2.75, 3.05) is 18.9 Å². The molecule has 3 aromatic rings. The van der Waals surface area contributed by atoms with Gasteiger partial charge in [0, 0.05) is 38.0 Å². The van der Waals surface area contributed by atoms with Gasteiger partial charge < -0.3 is 10.5 Å². The highest BCUT2D eigenvalue weighted by Gasteiger charge is 2.26. The van der Waals surface area contributed by atoms with Gasteiger partial charge in [-0.05, 0) is 37.3 Å². The summed E-state index contributed by atoms with van der Waals surface area (Å²) in [4.78, 5) is 11.6. The molecule has 4 heterocycles. The van der Waals surface area contributed by atoms with E-state index in [0.717, 1.165) is 69.0 Å². The van der Waals surface area contributed by atoms with Gasteiger partial charge in [0.05, 0.1) is 17.1 Å². The molecule has 2 aliphatic heterocycles. The third-order valence-electron chi connectivity index (χ3n) is 5.75. The summed E-state index contributed by atoms with van der Waals surface area (Å²) in [5.74, 6) is 0.317. The summed E-state index contributed by atoms with van der Waals surface area (Å²) < 4.78 is 7.93. The maximum atomic E-state index is 6.11. The van der Waals surface area contributed by atoms with Crippen molar-refractivity contribution in [1.82, 2.24) is 24.6 Å². The average Bonchev–Trinajstić information content (AvgIpc) is 3.24. The molecule has 1 aromatic carbocycles. The predicted molar refractivity (Wildman–Crippen MR) is 111 cm³/mol. The first-order valence-corrected chi connectivity index (χ1v) is 10.3. The van der Waals surface area contributed by atoms with Gasteiger partial charge in [-0.3, -0.25) is 4.90 Å². The Bertz CT molecular complexity index is 980. The second-order valence-corrected chi connectivity index (χ2v) is 7.78. The summed E-state index contributed by atoms with van der Waals surface area (Å²) >= 11 is 0. The van der Waals surface area contributed by atoms with Crippen LogP contribution in [-0.4, -0.2) is 37.8 Å². The fourth-order valence-electron chi connectivity index (χ4n) is 4.34. The minimum Gasteiger partial charge on any atom is -0.368 e. The van der Waals surface area contributed by atoms with Crippen molar-refractivity contribution in [3.63, 3.8) is 0 Å². The van der Waals surface area contributed by atoms with Crippen LogP contribution in [0.2, 0.25) is 0 Å². The smallest absolute Gasteiger partial charge is 0.220 e. The monoisotopic (exact) mass is 390 g/mol. The van der Waals surface area contributed by atoms with E-state index in [4.69, 9.17) is 10.5 Å². The van der Waals surface area contributed by atoms with Gasteiger partial charge in [-0.1, -0.05) is 30.3 Å². The van der Waals surface area contributed by atoms with Crippen molar-refractivity contribution in [1.29, 1.82) is 0 Å². The Hall–Kier alpha value is -2.77. The molecule has 1 fully saturated rings. The molecule has 0 spiro atoms. The van der Waals surface area contributed by atoms with Crippen LogP contribution < -0.4 is 5.73 Å². The fraction of sp³-hybridized carbons (Fsp3) is 0.409. The molecule has 0 saturated carbocycles. The van der Waals surface area contributed by atoms with E-state index in [-0.39, 0.29) is 6.23 Å². The molecule has 5 rings (SSSR count). The lowest BCUT2D eigenvalue weighted by Gasteiger charge is -2.30. The quantitative estimate of drug-likeness (QED) is 0.737. The molecule has 2 aliphatic rings. The Balaban J connectivity index is 1.45. The van der Waals surface area contributed by atoms with E-state index in [2.05, 4.69) is 44.2 Å². The Morgan fingerprint density at radius 1 is 1.10 bits per heavy atom. The van der Waals surface area contributed by atoms with Gasteiger partial charge >= 0.3 is 0 Å². The normalized spacial score (nSPS) is 19.8. The Kier molecular flexibility index (Phi) is 4.99. The fourth-order valence-corrected chi connectivity index (χ4v) is 4.34. The predicted octanol–water partition coefficient (Wildman–Crippen LogP) is 3.18. The van der Waals surface area contributed by atoms with E-state index in [9.17, 15) is 0 Å². The van der Waals surface area contributed by atoms with Gasteiger partial charge in [0.2, 0.25) is 5.95 Å². The lowest BCUT2D eigenvalue weighted by molar-refractivity contribution is -0.0384. The average molecular weight is 390 g/mol. The van der Waals surface area contributed by atoms with Crippen molar-refractivity contribution >= 4 is 5.95 Å². The van der Waals surface area contributed by atoms with Crippen LogP contribution in [0.4, 0.5) is 5.95 Å². The van der Waals surface area contributed by atoms with Crippen molar-refractivity contribution < 1.29 is 4.74 Å². The molecule has 150 valence electrons. The van der Waals surface area contributed by atoms with Gasteiger partial charge in [-0.15, -0.1) is 0 Å². The summed E-state index contributed by atoms with van der Waals surface area (Å²) in [7, 11) is 0. The second kappa shape index (κ2) is 7.93. The van der Waals surface area contributed by atoms with Gasteiger partial charge in [-0.2, -0.15) is 5.10 Å². The molecule has 1 unspecified atom stereocenters. The van der Waals surface area contributed by atoms with Crippen LogP contribution in [0.25, 0.3) is 11.4 Å². The Morgan fingerprint density at radius 2 is 2.00 bits per heavy atom. The van der Waals surface area contributed by atoms with E-state index < -0.39 is 0 Å². The first kappa shape index (κ1) is 18.3. The van der Waals surface area contributed by atoms with Crippen LogP contribution >= 0.6 is 0 Å². The van der Waals surface area contributed by atoms with Gasteiger partial charge in [0.15, 0.2) is 6.23 Å². The molecule has 1 atom stereocenters. The molecule has 0 radical (unpaired) electrons. The zero-order valence-electron chi connectivity index (χ0n) is 16.5. The second-order valence-electron chi connectivity index (χ2n) is 7.78. The number of benzene rings is 1. The Morgan fingerprint density at radius 3 is 2.83 bits per heavy atom. The first-order valence-electron chi connectivity index (χ1n) is 10.3. The molecular formula is C22H26N6O. The third-order valence-corrected chi connectivity index (χ3v) is 5.75. The molecule has 2 N–H and O–H groups in total. The maximum absolute atomic E-state index is 6.11. The van der Waals surface area contributed by atoms with Crippen LogP contribution in [0.1, 0.15) is 42.3 Å². The van der Waals surface area contributed by atoms with E-state index in [1.807, 2.05) is 23.0 Å². The van der Waals surface area contributed by atoms with Crippen molar-refractivity contribution in [3.05, 3.63) is 59.4 Å².